The van der Waals surface area contributed by atoms with Crippen LogP contribution in [0.2, 0.25) is 0 Å². The van der Waals surface area contributed by atoms with E-state index in [0.717, 1.165) is 29.0 Å². The van der Waals surface area contributed by atoms with E-state index < -0.39 is 40.4 Å². The first-order valence-corrected chi connectivity index (χ1v) is 18.9. The third-order valence-electron chi connectivity index (χ3n) is 9.99. The number of fused-ring (bicyclic) bond motifs is 2. The number of halogens is 2. The molecule has 1 aliphatic carbocycles. The van der Waals surface area contributed by atoms with Gasteiger partial charge in [-0.15, -0.1) is 0 Å². The van der Waals surface area contributed by atoms with E-state index in [0.29, 0.717) is 56.7 Å². The summed E-state index contributed by atoms with van der Waals surface area (Å²) in [6.07, 6.45) is 5.10. The number of ether oxygens (including phenoxy) is 1. The Hall–Kier alpha value is -6.22. The monoisotopic (exact) mass is 778 g/mol. The van der Waals surface area contributed by atoms with Crippen LogP contribution in [-0.4, -0.2) is 72.2 Å². The number of benzene rings is 2. The Balaban J connectivity index is 1.06. The van der Waals surface area contributed by atoms with E-state index in [4.69, 9.17) is 4.74 Å². The van der Waals surface area contributed by atoms with Gasteiger partial charge in [0.05, 0.1) is 17.3 Å². The van der Waals surface area contributed by atoms with Crippen LogP contribution in [-0.2, 0) is 11.3 Å². The van der Waals surface area contributed by atoms with Crippen molar-refractivity contribution >= 4 is 28.7 Å². The molecule has 2 aromatic carbocycles. The lowest BCUT2D eigenvalue weighted by molar-refractivity contribution is 0.0300. The molecule has 15 heteroatoms. The van der Waals surface area contributed by atoms with Gasteiger partial charge in [0, 0.05) is 51.2 Å². The van der Waals surface area contributed by atoms with Crippen molar-refractivity contribution in [3.8, 4) is 16.8 Å². The fourth-order valence-corrected chi connectivity index (χ4v) is 7.10. The van der Waals surface area contributed by atoms with Gasteiger partial charge in [0.1, 0.15) is 28.6 Å². The van der Waals surface area contributed by atoms with Crippen LogP contribution in [0.3, 0.4) is 0 Å². The van der Waals surface area contributed by atoms with Crippen LogP contribution >= 0.6 is 0 Å². The van der Waals surface area contributed by atoms with Gasteiger partial charge in [0.15, 0.2) is 5.65 Å². The van der Waals surface area contributed by atoms with E-state index in [2.05, 4.69) is 20.6 Å². The van der Waals surface area contributed by atoms with E-state index >= 15 is 0 Å². The molecule has 0 aliphatic heterocycles. The van der Waals surface area contributed by atoms with Crippen molar-refractivity contribution in [2.75, 3.05) is 20.1 Å². The summed E-state index contributed by atoms with van der Waals surface area (Å²) in [5, 5.41) is 6.30. The van der Waals surface area contributed by atoms with Crippen LogP contribution in [0.5, 0.6) is 0 Å². The summed E-state index contributed by atoms with van der Waals surface area (Å²) in [7, 11) is 1.70. The second kappa shape index (κ2) is 16.1. The van der Waals surface area contributed by atoms with Gasteiger partial charge in [-0.25, -0.2) is 32.9 Å². The largest absolute Gasteiger partial charge is 0.444 e. The number of aromatic nitrogens is 5. The maximum absolute atomic E-state index is 14.6. The summed E-state index contributed by atoms with van der Waals surface area (Å²) < 4.78 is 37.6. The molecule has 0 spiro atoms. The van der Waals surface area contributed by atoms with E-state index in [9.17, 15) is 28.0 Å². The number of hydrogen-bond acceptors (Lipinski definition) is 8. The maximum atomic E-state index is 14.6. The molecule has 0 saturated heterocycles. The minimum Gasteiger partial charge on any atom is -0.444 e. The molecule has 296 valence electrons. The molecular formula is C42H44F2N8O5. The molecule has 0 atom stereocenters. The molecule has 2 amide bonds. The highest BCUT2D eigenvalue weighted by Gasteiger charge is 2.29. The molecule has 1 fully saturated rings. The quantitative estimate of drug-likeness (QED) is 0.161. The van der Waals surface area contributed by atoms with Crippen LogP contribution in [0.1, 0.15) is 68.5 Å². The minimum absolute atomic E-state index is 0.0205. The Kier molecular flexibility index (Phi) is 11.0. The van der Waals surface area contributed by atoms with Crippen molar-refractivity contribution in [1.82, 2.24) is 39.0 Å². The summed E-state index contributed by atoms with van der Waals surface area (Å²) in [6.45, 7) is 7.14. The second-order valence-electron chi connectivity index (χ2n) is 15.4. The van der Waals surface area contributed by atoms with E-state index in [1.165, 1.54) is 43.0 Å². The van der Waals surface area contributed by atoms with Crippen molar-refractivity contribution in [2.45, 2.75) is 70.7 Å². The Morgan fingerprint density at radius 3 is 2.42 bits per heavy atom. The highest BCUT2D eigenvalue weighted by atomic mass is 19.1. The predicted octanol–water partition coefficient (Wildman–Crippen LogP) is 6.01. The Morgan fingerprint density at radius 2 is 1.68 bits per heavy atom. The molecule has 2 N–H and O–H groups in total. The number of pyridine rings is 2. The zero-order valence-electron chi connectivity index (χ0n) is 32.2. The average molecular weight is 779 g/mol. The molecule has 0 unspecified atom stereocenters. The molecule has 6 aromatic rings. The third kappa shape index (κ3) is 8.78. The Morgan fingerprint density at radius 1 is 0.930 bits per heavy atom. The minimum atomic E-state index is -0.698. The zero-order valence-corrected chi connectivity index (χ0v) is 32.2. The summed E-state index contributed by atoms with van der Waals surface area (Å²) in [5.74, 6) is -1.55. The highest BCUT2D eigenvalue weighted by Crippen LogP contribution is 2.29. The van der Waals surface area contributed by atoms with Gasteiger partial charge in [-0.3, -0.25) is 14.2 Å². The Labute approximate surface area is 326 Å². The molecular weight excluding hydrogens is 735 g/mol. The van der Waals surface area contributed by atoms with Crippen molar-refractivity contribution < 1.29 is 23.1 Å². The molecule has 0 bridgehead atoms. The van der Waals surface area contributed by atoms with Gasteiger partial charge in [-0.05, 0) is 93.5 Å². The molecule has 1 aliphatic rings. The second-order valence-corrected chi connectivity index (χ2v) is 15.4. The molecule has 0 radical (unpaired) electrons. The first-order chi connectivity index (χ1) is 27.2. The number of nitrogens with zero attached hydrogens (tertiary/aromatic N) is 6. The molecule has 4 aromatic heterocycles. The molecule has 13 nitrogen and oxygen atoms in total. The van der Waals surface area contributed by atoms with Crippen LogP contribution in [0, 0.1) is 11.6 Å². The van der Waals surface area contributed by atoms with E-state index in [1.54, 1.807) is 13.1 Å². The number of carbonyl (C=O) groups excluding carboxylic acids is 2. The van der Waals surface area contributed by atoms with Crippen molar-refractivity contribution in [1.29, 1.82) is 0 Å². The first-order valence-electron chi connectivity index (χ1n) is 18.9. The maximum Gasteiger partial charge on any atom is 0.410 e. The fraction of sp³-hybridized carbons (Fsp3) is 0.333. The summed E-state index contributed by atoms with van der Waals surface area (Å²) in [6, 6.07) is 18.4. The standard InChI is InChI=1S/C42H44F2N8O5/c1-42(2,3)57-41(56)49(4)19-18-45-22-26-8-10-27(11-9-26)28-6-5-7-33(20-28)51-37-34(21-30(44)23-46-37)39(54)52(40(51)55)32-15-13-31(14-16-32)47-38(53)35-25-50-24-29(43)12-17-36(50)48-35/h5-12,17,20-21,23-25,31-32,45H,13-16,18-19,22H2,1-4H3,(H,47,53). The van der Waals surface area contributed by atoms with Crippen LogP contribution < -0.4 is 21.9 Å². The van der Waals surface area contributed by atoms with Gasteiger partial charge < -0.3 is 24.7 Å². The summed E-state index contributed by atoms with van der Waals surface area (Å²) >= 11 is 0. The number of amides is 2. The third-order valence-corrected chi connectivity index (χ3v) is 9.99. The number of hydrogen-bond donors (Lipinski definition) is 2. The first kappa shape index (κ1) is 39.0. The number of imidazole rings is 1. The highest BCUT2D eigenvalue weighted by molar-refractivity contribution is 5.93. The number of rotatable bonds is 10. The average Bonchev–Trinajstić information content (AvgIpc) is 3.61. The number of likely N-dealkylation sites (N-methyl/N-ethyl adjacent to an activating group) is 1. The topological polar surface area (TPSA) is 145 Å². The lowest BCUT2D eigenvalue weighted by Gasteiger charge is -2.30. The molecule has 57 heavy (non-hydrogen) atoms. The SMILES string of the molecule is CN(CCNCc1ccc(-c2cccc(-n3c(=O)n(C4CCC(NC(=O)c5cn6cc(F)ccc6n5)CC4)c(=O)c4cc(F)cnc43)c2)cc1)C(=O)OC(C)(C)C. The fourth-order valence-electron chi connectivity index (χ4n) is 7.10. The van der Waals surface area contributed by atoms with Gasteiger partial charge in [0.2, 0.25) is 0 Å². The van der Waals surface area contributed by atoms with Gasteiger partial charge >= 0.3 is 11.8 Å². The van der Waals surface area contributed by atoms with E-state index in [1.807, 2.05) is 63.2 Å². The summed E-state index contributed by atoms with van der Waals surface area (Å²) in [4.78, 5) is 63.5. The summed E-state index contributed by atoms with van der Waals surface area (Å²) in [5.41, 5.74) is 2.08. The van der Waals surface area contributed by atoms with Gasteiger partial charge in [-0.2, -0.15) is 0 Å². The van der Waals surface area contributed by atoms with Gasteiger partial charge in [-0.1, -0.05) is 36.4 Å². The zero-order chi connectivity index (χ0) is 40.4. The number of carbonyl (C=O) groups is 2. The normalized spacial score (nSPS) is 15.8. The van der Waals surface area contributed by atoms with Crippen molar-refractivity contribution in [3.05, 3.63) is 129 Å². The Bertz CT molecular complexity index is 2570. The van der Waals surface area contributed by atoms with E-state index in [-0.39, 0.29) is 28.9 Å². The molecule has 7 rings (SSSR count). The molecule has 1 saturated carbocycles. The van der Waals surface area contributed by atoms with Crippen LogP contribution in [0.25, 0.3) is 33.5 Å². The van der Waals surface area contributed by atoms with Crippen molar-refractivity contribution in [2.24, 2.45) is 0 Å². The molecule has 4 heterocycles. The lowest BCUT2D eigenvalue weighted by Crippen LogP contribution is -2.45. The van der Waals surface area contributed by atoms with Gasteiger partial charge in [0.25, 0.3) is 11.5 Å². The predicted molar refractivity (Wildman–Crippen MR) is 211 cm³/mol. The van der Waals surface area contributed by atoms with Crippen molar-refractivity contribution in [3.63, 3.8) is 0 Å². The number of nitrogens with one attached hydrogen (secondary N) is 2. The van der Waals surface area contributed by atoms with Crippen LogP contribution in [0.15, 0.2) is 94.9 Å². The smallest absolute Gasteiger partial charge is 0.410 e. The van der Waals surface area contributed by atoms with Crippen LogP contribution in [0.4, 0.5) is 13.6 Å². The lowest BCUT2D eigenvalue weighted by atomic mass is 9.90.